The molecule has 0 aromatic heterocycles. The molecule has 0 bridgehead atoms. The minimum absolute atomic E-state index is 0.0950. The second kappa shape index (κ2) is 10.9. The molecule has 0 saturated heterocycles. The summed E-state index contributed by atoms with van der Waals surface area (Å²) in [5, 5.41) is 2.25. The SMILES string of the molecule is Clc1ccc([Se]/C(=C(/[Se]c2ccc(Cl)cc2)c2ccc(Cl)cc2)c2ccccc2)cc1. The summed E-state index contributed by atoms with van der Waals surface area (Å²) >= 11 is 18.7. The van der Waals surface area contributed by atoms with Crippen molar-refractivity contribution in [1.82, 2.24) is 0 Å². The van der Waals surface area contributed by atoms with E-state index >= 15 is 0 Å². The number of hydrogen-bond acceptors (Lipinski definition) is 0. The second-order valence-corrected chi connectivity index (χ2v) is 12.5. The van der Waals surface area contributed by atoms with Crippen molar-refractivity contribution in [2.45, 2.75) is 0 Å². The van der Waals surface area contributed by atoms with Crippen LogP contribution >= 0.6 is 34.8 Å². The van der Waals surface area contributed by atoms with E-state index < -0.39 is 0 Å². The third kappa shape index (κ3) is 6.28. The van der Waals surface area contributed by atoms with Gasteiger partial charge in [0.1, 0.15) is 0 Å². The summed E-state index contributed by atoms with van der Waals surface area (Å²) < 4.78 is 5.29. The van der Waals surface area contributed by atoms with E-state index in [0.717, 1.165) is 15.1 Å². The monoisotopic (exact) mass is 594 g/mol. The van der Waals surface area contributed by atoms with Crippen molar-refractivity contribution < 1.29 is 0 Å². The fourth-order valence-corrected chi connectivity index (χ4v) is 8.27. The van der Waals surface area contributed by atoms with E-state index in [2.05, 4.69) is 66.7 Å². The zero-order chi connectivity index (χ0) is 21.6. The Morgan fingerprint density at radius 2 is 0.774 bits per heavy atom. The van der Waals surface area contributed by atoms with Crippen LogP contribution in [-0.4, -0.2) is 29.9 Å². The quantitative estimate of drug-likeness (QED) is 0.176. The van der Waals surface area contributed by atoms with E-state index in [-0.39, 0.29) is 29.9 Å². The van der Waals surface area contributed by atoms with Gasteiger partial charge < -0.3 is 0 Å². The fraction of sp³-hybridized carbons (Fsp3) is 0. The molecule has 0 amide bonds. The van der Waals surface area contributed by atoms with Crippen LogP contribution in [0.5, 0.6) is 0 Å². The van der Waals surface area contributed by atoms with E-state index in [4.69, 9.17) is 34.8 Å². The van der Waals surface area contributed by atoms with Crippen LogP contribution in [0.1, 0.15) is 11.1 Å². The van der Waals surface area contributed by atoms with Crippen molar-refractivity contribution in [2.24, 2.45) is 0 Å². The van der Waals surface area contributed by atoms with E-state index in [1.807, 2.05) is 36.4 Å². The number of rotatable bonds is 6. The summed E-state index contributed by atoms with van der Waals surface area (Å²) in [5.74, 6) is 0. The van der Waals surface area contributed by atoms with Crippen molar-refractivity contribution in [3.05, 3.63) is 129 Å². The zero-order valence-electron chi connectivity index (χ0n) is 16.3. The van der Waals surface area contributed by atoms with Crippen LogP contribution in [0.25, 0.3) is 8.94 Å². The molecule has 0 saturated carbocycles. The van der Waals surface area contributed by atoms with E-state index in [9.17, 15) is 0 Å². The molecule has 0 unspecified atom stereocenters. The molecular formula is C26H17Cl3Se2. The van der Waals surface area contributed by atoms with Crippen LogP contribution in [0.2, 0.25) is 15.1 Å². The summed E-state index contributed by atoms with van der Waals surface area (Å²) in [6.45, 7) is 0. The van der Waals surface area contributed by atoms with Gasteiger partial charge in [-0.15, -0.1) is 0 Å². The molecule has 0 aliphatic rings. The van der Waals surface area contributed by atoms with Gasteiger partial charge in [0.05, 0.1) is 0 Å². The Balaban J connectivity index is 1.88. The van der Waals surface area contributed by atoms with Gasteiger partial charge in [-0.05, 0) is 0 Å². The van der Waals surface area contributed by atoms with Crippen molar-refractivity contribution in [3.8, 4) is 0 Å². The van der Waals surface area contributed by atoms with Crippen molar-refractivity contribution in [2.75, 3.05) is 0 Å². The predicted octanol–water partition coefficient (Wildman–Crippen LogP) is 6.53. The average molecular weight is 594 g/mol. The first-order valence-electron chi connectivity index (χ1n) is 9.51. The molecule has 0 atom stereocenters. The molecule has 4 aromatic rings. The first-order chi connectivity index (χ1) is 15.1. The molecule has 0 radical (unpaired) electrons. The molecule has 0 nitrogen and oxygen atoms in total. The van der Waals surface area contributed by atoms with Crippen molar-refractivity contribution >= 4 is 82.6 Å². The number of benzene rings is 4. The standard InChI is InChI=1S/C26H17Cl3Se2/c27-20-8-6-19(7-9-20)26(31-24-16-12-22(29)13-17-24)25(18-4-2-1-3-5-18)30-23-14-10-21(28)11-15-23/h1-17H/b26-25+. The van der Waals surface area contributed by atoms with Crippen LogP contribution in [0, 0.1) is 0 Å². The third-order valence-corrected chi connectivity index (χ3v) is 10.7. The van der Waals surface area contributed by atoms with Crippen molar-refractivity contribution in [1.29, 1.82) is 0 Å². The number of halogens is 3. The molecule has 31 heavy (non-hydrogen) atoms. The summed E-state index contributed by atoms with van der Waals surface area (Å²) in [6.07, 6.45) is 0. The van der Waals surface area contributed by atoms with Gasteiger partial charge in [-0.3, -0.25) is 0 Å². The Bertz CT molecular complexity index is 1170. The molecule has 0 aliphatic heterocycles. The number of hydrogen-bond donors (Lipinski definition) is 0. The maximum atomic E-state index is 6.20. The third-order valence-electron chi connectivity index (χ3n) is 4.42. The molecule has 4 aromatic carbocycles. The molecule has 0 heterocycles. The fourth-order valence-electron chi connectivity index (χ4n) is 2.90. The molecule has 0 aliphatic carbocycles. The van der Waals surface area contributed by atoms with Crippen LogP contribution in [0.3, 0.4) is 0 Å². The van der Waals surface area contributed by atoms with Gasteiger partial charge in [-0.1, -0.05) is 0 Å². The molecule has 5 heteroatoms. The molecule has 4 rings (SSSR count). The van der Waals surface area contributed by atoms with Crippen LogP contribution < -0.4 is 8.92 Å². The van der Waals surface area contributed by atoms with Crippen LogP contribution in [-0.2, 0) is 0 Å². The Kier molecular flexibility index (Phi) is 7.99. The van der Waals surface area contributed by atoms with Gasteiger partial charge >= 0.3 is 212 Å². The normalized spacial score (nSPS) is 11.8. The van der Waals surface area contributed by atoms with Crippen LogP contribution in [0.15, 0.2) is 103 Å². The Morgan fingerprint density at radius 3 is 1.19 bits per heavy atom. The molecule has 0 fully saturated rings. The molecule has 154 valence electrons. The van der Waals surface area contributed by atoms with E-state index in [1.165, 1.54) is 29.0 Å². The van der Waals surface area contributed by atoms with Gasteiger partial charge in [-0.25, -0.2) is 0 Å². The topological polar surface area (TPSA) is 0 Å². The first kappa shape index (κ1) is 22.7. The summed E-state index contributed by atoms with van der Waals surface area (Å²) in [7, 11) is 0. The van der Waals surface area contributed by atoms with Gasteiger partial charge in [0.2, 0.25) is 0 Å². The first-order valence-corrected chi connectivity index (χ1v) is 14.1. The van der Waals surface area contributed by atoms with Gasteiger partial charge in [0, 0.05) is 0 Å². The van der Waals surface area contributed by atoms with E-state index in [0.29, 0.717) is 0 Å². The summed E-state index contributed by atoms with van der Waals surface area (Å²) in [6, 6.07) is 35.2. The van der Waals surface area contributed by atoms with Crippen LogP contribution in [0.4, 0.5) is 0 Å². The summed E-state index contributed by atoms with van der Waals surface area (Å²) in [4.78, 5) is 0. The Morgan fingerprint density at radius 1 is 0.419 bits per heavy atom. The van der Waals surface area contributed by atoms with Gasteiger partial charge in [0.15, 0.2) is 0 Å². The Labute approximate surface area is 210 Å². The minimum atomic E-state index is 0.0950. The van der Waals surface area contributed by atoms with Gasteiger partial charge in [-0.2, -0.15) is 0 Å². The predicted molar refractivity (Wildman–Crippen MR) is 138 cm³/mol. The molecule has 0 spiro atoms. The van der Waals surface area contributed by atoms with E-state index in [1.54, 1.807) is 0 Å². The Hall–Kier alpha value is -1.47. The van der Waals surface area contributed by atoms with Gasteiger partial charge in [0.25, 0.3) is 0 Å². The summed E-state index contributed by atoms with van der Waals surface area (Å²) in [5.41, 5.74) is 2.45. The molecule has 0 N–H and O–H groups in total. The zero-order valence-corrected chi connectivity index (χ0v) is 22.0. The molecular weight excluding hydrogens is 577 g/mol. The second-order valence-electron chi connectivity index (χ2n) is 6.64. The van der Waals surface area contributed by atoms with Crippen molar-refractivity contribution in [3.63, 3.8) is 0 Å². The maximum absolute atomic E-state index is 6.20. The average Bonchev–Trinajstić information content (AvgIpc) is 2.80.